The molecule has 12 aromatic rings. The zero-order chi connectivity index (χ0) is 41.9. The third kappa shape index (κ3) is 4.96. The fourth-order valence-electron chi connectivity index (χ4n) is 10.4. The summed E-state index contributed by atoms with van der Waals surface area (Å²) >= 11 is 0. The average Bonchev–Trinajstić information content (AvgIpc) is 3.96. The van der Waals surface area contributed by atoms with Gasteiger partial charge in [-0.3, -0.25) is 4.40 Å². The van der Waals surface area contributed by atoms with E-state index in [0.29, 0.717) is 0 Å². The molecule has 0 aliphatic heterocycles. The first-order chi connectivity index (χ1) is 29.2. The van der Waals surface area contributed by atoms with Crippen molar-refractivity contribution < 1.29 is 0 Å². The second-order valence-corrected chi connectivity index (χ2v) is 20.6. The van der Waals surface area contributed by atoms with Crippen LogP contribution in [-0.2, 0) is 16.2 Å². The molecule has 7 aromatic carbocycles. The van der Waals surface area contributed by atoms with Crippen LogP contribution in [0.15, 0.2) is 140 Å². The van der Waals surface area contributed by atoms with Crippen molar-refractivity contribution in [1.29, 1.82) is 0 Å². The zero-order valence-electron chi connectivity index (χ0n) is 36.6. The molecule has 0 saturated carbocycles. The topological polar surface area (TPSA) is 24.9 Å². The lowest BCUT2D eigenvalue weighted by molar-refractivity contribution is 0.590. The van der Waals surface area contributed by atoms with Gasteiger partial charge in [0.25, 0.3) is 0 Å². The lowest BCUT2D eigenvalue weighted by atomic mass is 9.84. The van der Waals surface area contributed by atoms with Gasteiger partial charge in [-0.05, 0) is 105 Å². The van der Waals surface area contributed by atoms with Gasteiger partial charge in [-0.1, -0.05) is 129 Å². The summed E-state index contributed by atoms with van der Waals surface area (Å²) < 4.78 is 5.04. The van der Waals surface area contributed by atoms with E-state index in [-0.39, 0.29) is 16.2 Å². The normalized spacial score (nSPS) is 13.3. The van der Waals surface area contributed by atoms with Crippen LogP contribution in [0.2, 0.25) is 0 Å². The zero-order valence-corrected chi connectivity index (χ0v) is 36.6. The van der Waals surface area contributed by atoms with E-state index >= 15 is 0 Å². The third-order valence-electron chi connectivity index (χ3n) is 13.6. The van der Waals surface area contributed by atoms with E-state index in [1.54, 1.807) is 0 Å². The van der Waals surface area contributed by atoms with E-state index in [1.165, 1.54) is 92.6 Å². The maximum absolute atomic E-state index is 5.62. The van der Waals surface area contributed by atoms with Crippen molar-refractivity contribution in [2.75, 3.05) is 4.90 Å². The Labute approximate surface area is 356 Å². The third-order valence-corrected chi connectivity index (χ3v) is 13.6. The van der Waals surface area contributed by atoms with Crippen LogP contribution in [0.25, 0.3) is 87.1 Å². The van der Waals surface area contributed by atoms with Gasteiger partial charge in [-0.25, -0.2) is 4.98 Å². The fourth-order valence-corrected chi connectivity index (χ4v) is 10.4. The largest absolute Gasteiger partial charge is 0.308 e. The molecule has 0 saturated heterocycles. The molecule has 0 unspecified atom stereocenters. The summed E-state index contributed by atoms with van der Waals surface area (Å²) in [5, 5.41) is 12.6. The summed E-state index contributed by atoms with van der Waals surface area (Å²) in [5.41, 5.74) is 14.4. The first-order valence-corrected chi connectivity index (χ1v) is 21.8. The summed E-state index contributed by atoms with van der Waals surface area (Å²) in [5.74, 6) is 0. The van der Waals surface area contributed by atoms with E-state index in [9.17, 15) is 0 Å². The number of aromatic nitrogens is 3. The van der Waals surface area contributed by atoms with Gasteiger partial charge < -0.3 is 9.30 Å². The van der Waals surface area contributed by atoms with Gasteiger partial charge in [-0.15, -0.1) is 0 Å². The van der Waals surface area contributed by atoms with Crippen molar-refractivity contribution in [3.05, 3.63) is 156 Å². The van der Waals surface area contributed by atoms with Crippen molar-refractivity contribution in [1.82, 2.24) is 13.8 Å². The first kappa shape index (κ1) is 36.2. The number of hydrogen-bond donors (Lipinski definition) is 0. The molecule has 0 aliphatic carbocycles. The van der Waals surface area contributed by atoms with E-state index in [0.717, 1.165) is 28.2 Å². The van der Waals surface area contributed by atoms with Gasteiger partial charge in [0.05, 0.1) is 39.5 Å². The molecule has 0 aliphatic rings. The summed E-state index contributed by atoms with van der Waals surface area (Å²) in [6.45, 7) is 21.0. The summed E-state index contributed by atoms with van der Waals surface area (Å²) in [4.78, 5) is 8.08. The first-order valence-electron chi connectivity index (χ1n) is 21.8. The summed E-state index contributed by atoms with van der Waals surface area (Å²) in [6.07, 6.45) is 2.17. The number of pyridine rings is 1. The predicted molar refractivity (Wildman–Crippen MR) is 262 cm³/mol. The van der Waals surface area contributed by atoms with E-state index in [2.05, 4.69) is 216 Å². The van der Waals surface area contributed by atoms with Crippen molar-refractivity contribution in [2.24, 2.45) is 0 Å². The van der Waals surface area contributed by atoms with Gasteiger partial charge in [0.15, 0.2) is 0 Å². The van der Waals surface area contributed by atoms with E-state index < -0.39 is 0 Å². The minimum Gasteiger partial charge on any atom is -0.308 e. The highest BCUT2D eigenvalue weighted by Crippen LogP contribution is 2.52. The Morgan fingerprint density at radius 3 is 1.54 bits per heavy atom. The van der Waals surface area contributed by atoms with Gasteiger partial charge in [-0.2, -0.15) is 0 Å². The van der Waals surface area contributed by atoms with Crippen LogP contribution in [0.5, 0.6) is 0 Å². The Hall–Kier alpha value is -6.65. The number of para-hydroxylation sites is 2. The quantitative estimate of drug-likeness (QED) is 0.178. The molecule has 0 fully saturated rings. The summed E-state index contributed by atoms with van der Waals surface area (Å²) in [7, 11) is 0. The maximum Gasteiger partial charge on any atom is 0.146 e. The van der Waals surface area contributed by atoms with Crippen LogP contribution in [0.1, 0.15) is 79.0 Å². The molecule has 4 nitrogen and oxygen atoms in total. The highest BCUT2D eigenvalue weighted by Gasteiger charge is 2.31. The van der Waals surface area contributed by atoms with Crippen LogP contribution in [0, 0.1) is 0 Å². The second-order valence-electron chi connectivity index (χ2n) is 20.6. The van der Waals surface area contributed by atoms with Gasteiger partial charge in [0.2, 0.25) is 0 Å². The molecule has 0 spiro atoms. The molecular formula is C57H50N4. The minimum absolute atomic E-state index is 0.0396. The Balaban J connectivity index is 1.34. The molecule has 0 radical (unpaired) electrons. The molecule has 298 valence electrons. The Kier molecular flexibility index (Phi) is 7.13. The van der Waals surface area contributed by atoms with Crippen molar-refractivity contribution in [3.63, 3.8) is 0 Å². The molecule has 4 heteroatoms. The average molecular weight is 791 g/mol. The smallest absolute Gasteiger partial charge is 0.146 e. The van der Waals surface area contributed by atoms with Crippen LogP contribution >= 0.6 is 0 Å². The van der Waals surface area contributed by atoms with Gasteiger partial charge in [0, 0.05) is 59.9 Å². The van der Waals surface area contributed by atoms with Crippen LogP contribution in [0.3, 0.4) is 0 Å². The monoisotopic (exact) mass is 790 g/mol. The molecular weight excluding hydrogens is 741 g/mol. The predicted octanol–water partition coefficient (Wildman–Crippen LogP) is 15.9. The van der Waals surface area contributed by atoms with Crippen molar-refractivity contribution in [3.8, 4) is 0 Å². The van der Waals surface area contributed by atoms with Crippen molar-refractivity contribution in [2.45, 2.75) is 78.6 Å². The van der Waals surface area contributed by atoms with Crippen molar-refractivity contribution >= 4 is 104 Å². The van der Waals surface area contributed by atoms with E-state index in [1.807, 2.05) is 0 Å². The van der Waals surface area contributed by atoms with Crippen LogP contribution in [-0.4, -0.2) is 13.8 Å². The Morgan fingerprint density at radius 1 is 0.410 bits per heavy atom. The number of anilines is 3. The Morgan fingerprint density at radius 2 is 0.918 bits per heavy atom. The molecule has 0 N–H and O–H groups in total. The SMILES string of the molecule is CC(C)(C)c1ccc2c(c1)c1cc(C(C)(C)C)cc3c4c5c6cc(C(C)(C)C)cc7c8cc9ccccc9c(N(c9ccccc9)c9ccccc9)c8n(c5ncc4n2c13)c76. The molecule has 0 bridgehead atoms. The maximum atomic E-state index is 5.62. The number of fused-ring (bicyclic) bond motifs is 14. The lowest BCUT2D eigenvalue weighted by Gasteiger charge is -2.28. The summed E-state index contributed by atoms with van der Waals surface area (Å²) in [6, 6.07) is 50.1. The Bertz CT molecular complexity index is 3690. The molecule has 5 heterocycles. The number of rotatable bonds is 3. The molecule has 0 amide bonds. The van der Waals surface area contributed by atoms with Gasteiger partial charge >= 0.3 is 0 Å². The molecule has 5 aromatic heterocycles. The molecule has 0 atom stereocenters. The van der Waals surface area contributed by atoms with Crippen LogP contribution < -0.4 is 4.90 Å². The standard InChI is InChI=1S/C57H50N4/c1-55(2,3)34-24-25-46-40(27-34)42-28-35(56(4,5)6)30-44-48-47(60(46)50(42)44)32-58-54-49(48)45-31-36(57(7,8)9)29-43-41-26-33-18-16-17-23-39(33)52(53(41)61(54)51(43)45)59(37-19-12-10-13-20-37)38-21-14-11-15-22-38/h10-32H,1-9H3. The highest BCUT2D eigenvalue weighted by molar-refractivity contribution is 6.36. The molecule has 12 rings (SSSR count). The number of hydrogen-bond acceptors (Lipinski definition) is 2. The number of nitrogens with zero attached hydrogens (tertiary/aromatic N) is 4. The number of benzene rings is 7. The highest BCUT2D eigenvalue weighted by atomic mass is 15.2. The van der Waals surface area contributed by atoms with E-state index in [4.69, 9.17) is 4.98 Å². The van der Waals surface area contributed by atoms with Gasteiger partial charge in [0.1, 0.15) is 5.65 Å². The van der Waals surface area contributed by atoms with Crippen LogP contribution in [0.4, 0.5) is 17.1 Å². The second kappa shape index (κ2) is 12.0. The molecule has 61 heavy (non-hydrogen) atoms. The lowest BCUT2D eigenvalue weighted by Crippen LogP contribution is -2.11. The fraction of sp³-hybridized carbons (Fsp3) is 0.211. The minimum atomic E-state index is -0.0846.